The molecule has 154 valence electrons. The molecule has 1 aliphatic heterocycles. The van der Waals surface area contributed by atoms with Gasteiger partial charge < -0.3 is 9.80 Å². The number of para-hydroxylation sites is 1. The predicted octanol–water partition coefficient (Wildman–Crippen LogP) is 5.31. The van der Waals surface area contributed by atoms with Crippen molar-refractivity contribution in [3.8, 4) is 0 Å². The molecule has 1 amide bonds. The molecule has 0 atom stereocenters. The van der Waals surface area contributed by atoms with Gasteiger partial charge in [0.05, 0.1) is 0 Å². The fraction of sp³-hybridized carbons (Fsp3) is 0.500. The van der Waals surface area contributed by atoms with E-state index >= 15 is 0 Å². The van der Waals surface area contributed by atoms with Crippen molar-refractivity contribution in [1.82, 2.24) is 4.90 Å². The smallest absolute Gasteiger partial charge is 0.230 e. The summed E-state index contributed by atoms with van der Waals surface area (Å²) in [5, 5.41) is 0. The van der Waals surface area contributed by atoms with E-state index < -0.39 is 0 Å². The molecular formula is C26H34N2O. The Bertz CT molecular complexity index is 747. The highest BCUT2D eigenvalue weighted by atomic mass is 16.2. The maximum absolute atomic E-state index is 13.5. The van der Waals surface area contributed by atoms with Crippen molar-refractivity contribution in [2.45, 2.75) is 57.4 Å². The summed E-state index contributed by atoms with van der Waals surface area (Å²) in [5.74, 6) is 0.596. The van der Waals surface area contributed by atoms with Crippen molar-refractivity contribution in [3.63, 3.8) is 0 Å². The molecule has 2 fully saturated rings. The minimum Gasteiger partial charge on any atom is -0.309 e. The van der Waals surface area contributed by atoms with Crippen LogP contribution in [0, 0.1) is 5.92 Å². The number of anilines is 1. The van der Waals surface area contributed by atoms with Crippen LogP contribution in [0.15, 0.2) is 60.7 Å². The van der Waals surface area contributed by atoms with Gasteiger partial charge >= 0.3 is 0 Å². The van der Waals surface area contributed by atoms with Gasteiger partial charge in [0.1, 0.15) is 0 Å². The van der Waals surface area contributed by atoms with Crippen LogP contribution in [0.3, 0.4) is 0 Å². The Morgan fingerprint density at radius 1 is 0.828 bits per heavy atom. The predicted molar refractivity (Wildman–Crippen MR) is 120 cm³/mol. The Kier molecular flexibility index (Phi) is 7.00. The molecule has 0 radical (unpaired) electrons. The monoisotopic (exact) mass is 390 g/mol. The van der Waals surface area contributed by atoms with Crippen molar-refractivity contribution in [3.05, 3.63) is 66.2 Å². The number of piperidine rings is 1. The zero-order valence-corrected chi connectivity index (χ0v) is 17.5. The van der Waals surface area contributed by atoms with Crippen LogP contribution in [0.4, 0.5) is 5.69 Å². The van der Waals surface area contributed by atoms with Gasteiger partial charge in [-0.15, -0.1) is 0 Å². The second-order valence-corrected chi connectivity index (χ2v) is 8.69. The normalized spacial score (nSPS) is 19.2. The fourth-order valence-electron chi connectivity index (χ4n) is 4.99. The summed E-state index contributed by atoms with van der Waals surface area (Å²) in [4.78, 5) is 18.2. The molecule has 1 saturated heterocycles. The minimum atomic E-state index is 0.222. The summed E-state index contributed by atoms with van der Waals surface area (Å²) in [6, 6.07) is 21.5. The topological polar surface area (TPSA) is 23.6 Å². The van der Waals surface area contributed by atoms with E-state index in [-0.39, 0.29) is 5.92 Å². The number of hydrogen-bond donors (Lipinski definition) is 0. The average Bonchev–Trinajstić information content (AvgIpc) is 2.81. The molecule has 4 rings (SSSR count). The van der Waals surface area contributed by atoms with Crippen LogP contribution in [-0.4, -0.2) is 36.5 Å². The standard InChI is InChI=1S/C26H34N2O/c29-26(23-12-6-2-7-13-23)28(24-14-8-3-9-15-24)25-17-20-27(21-18-25)19-16-22-10-4-1-5-11-22/h1,3-5,8-11,14-15,23,25H,2,6-7,12-13,16-21H2. The molecule has 29 heavy (non-hydrogen) atoms. The maximum atomic E-state index is 13.5. The first-order valence-corrected chi connectivity index (χ1v) is 11.5. The van der Waals surface area contributed by atoms with E-state index in [1.54, 1.807) is 0 Å². The summed E-state index contributed by atoms with van der Waals surface area (Å²) >= 11 is 0. The van der Waals surface area contributed by atoms with E-state index in [0.29, 0.717) is 11.9 Å². The van der Waals surface area contributed by atoms with Crippen molar-refractivity contribution in [1.29, 1.82) is 0 Å². The van der Waals surface area contributed by atoms with Crippen molar-refractivity contribution >= 4 is 11.6 Å². The second kappa shape index (κ2) is 10.1. The Balaban J connectivity index is 1.39. The molecule has 0 aromatic heterocycles. The van der Waals surface area contributed by atoms with Gasteiger partial charge in [0.2, 0.25) is 5.91 Å². The third-order valence-corrected chi connectivity index (χ3v) is 6.71. The summed E-state index contributed by atoms with van der Waals surface area (Å²) in [7, 11) is 0. The second-order valence-electron chi connectivity index (χ2n) is 8.69. The van der Waals surface area contributed by atoms with Crippen molar-refractivity contribution in [2.75, 3.05) is 24.5 Å². The zero-order valence-electron chi connectivity index (χ0n) is 17.5. The molecule has 2 aromatic rings. The number of rotatable bonds is 6. The quantitative estimate of drug-likeness (QED) is 0.667. The third kappa shape index (κ3) is 5.27. The first kappa shape index (κ1) is 20.2. The number of likely N-dealkylation sites (tertiary alicyclic amines) is 1. The Morgan fingerprint density at radius 3 is 2.10 bits per heavy atom. The lowest BCUT2D eigenvalue weighted by molar-refractivity contribution is -0.124. The van der Waals surface area contributed by atoms with E-state index in [9.17, 15) is 4.79 Å². The lowest BCUT2D eigenvalue weighted by atomic mass is 9.87. The molecule has 3 nitrogen and oxygen atoms in total. The largest absolute Gasteiger partial charge is 0.309 e. The van der Waals surface area contributed by atoms with E-state index in [1.165, 1.54) is 24.8 Å². The van der Waals surface area contributed by atoms with Gasteiger partial charge in [0.25, 0.3) is 0 Å². The molecule has 2 aromatic carbocycles. The van der Waals surface area contributed by atoms with Gasteiger partial charge in [-0.25, -0.2) is 0 Å². The van der Waals surface area contributed by atoms with E-state index in [2.05, 4.69) is 64.4 Å². The minimum absolute atomic E-state index is 0.222. The molecule has 3 heteroatoms. The molecule has 1 aliphatic carbocycles. The van der Waals surface area contributed by atoms with Crippen LogP contribution in [0.5, 0.6) is 0 Å². The van der Waals surface area contributed by atoms with Crippen molar-refractivity contribution in [2.24, 2.45) is 5.92 Å². The van der Waals surface area contributed by atoms with Gasteiger partial charge in [-0.1, -0.05) is 67.8 Å². The average molecular weight is 391 g/mol. The molecule has 2 aliphatic rings. The molecular weight excluding hydrogens is 356 g/mol. The van der Waals surface area contributed by atoms with Crippen LogP contribution >= 0.6 is 0 Å². The number of carbonyl (C=O) groups excluding carboxylic acids is 1. The van der Waals surface area contributed by atoms with E-state index in [1.807, 2.05) is 6.07 Å². The SMILES string of the molecule is O=C(C1CCCCC1)N(c1ccccc1)C1CCN(CCc2ccccc2)CC1. The van der Waals surface area contributed by atoms with Crippen LogP contribution in [-0.2, 0) is 11.2 Å². The molecule has 0 N–H and O–H groups in total. The van der Waals surface area contributed by atoms with Gasteiger partial charge in [-0.3, -0.25) is 4.79 Å². The highest BCUT2D eigenvalue weighted by Gasteiger charge is 2.33. The summed E-state index contributed by atoms with van der Waals surface area (Å²) < 4.78 is 0. The number of amides is 1. The highest BCUT2D eigenvalue weighted by molar-refractivity contribution is 5.95. The summed E-state index contributed by atoms with van der Waals surface area (Å²) in [6.45, 7) is 3.27. The van der Waals surface area contributed by atoms with E-state index in [4.69, 9.17) is 0 Å². The van der Waals surface area contributed by atoms with Crippen LogP contribution < -0.4 is 4.90 Å². The van der Waals surface area contributed by atoms with Crippen molar-refractivity contribution < 1.29 is 4.79 Å². The molecule has 0 bridgehead atoms. The highest BCUT2D eigenvalue weighted by Crippen LogP contribution is 2.31. The zero-order chi connectivity index (χ0) is 19.9. The van der Waals surface area contributed by atoms with E-state index in [0.717, 1.165) is 57.4 Å². The Hall–Kier alpha value is -2.13. The van der Waals surface area contributed by atoms with Gasteiger partial charge in [0, 0.05) is 37.3 Å². The molecule has 1 heterocycles. The Labute approximate surface area is 175 Å². The molecule has 0 spiro atoms. The lowest BCUT2D eigenvalue weighted by Gasteiger charge is -2.40. The van der Waals surface area contributed by atoms with Crippen LogP contribution in [0.25, 0.3) is 0 Å². The summed E-state index contributed by atoms with van der Waals surface area (Å²) in [6.07, 6.45) is 9.08. The van der Waals surface area contributed by atoms with Gasteiger partial charge in [-0.05, 0) is 49.8 Å². The number of nitrogens with zero attached hydrogens (tertiary/aromatic N) is 2. The maximum Gasteiger partial charge on any atom is 0.230 e. The molecule has 0 unspecified atom stereocenters. The number of benzene rings is 2. The first-order valence-electron chi connectivity index (χ1n) is 11.5. The Morgan fingerprint density at radius 2 is 1.45 bits per heavy atom. The molecule has 1 saturated carbocycles. The van der Waals surface area contributed by atoms with Crippen LogP contribution in [0.1, 0.15) is 50.5 Å². The first-order chi connectivity index (χ1) is 14.3. The van der Waals surface area contributed by atoms with Crippen LogP contribution in [0.2, 0.25) is 0 Å². The van der Waals surface area contributed by atoms with Gasteiger partial charge in [0.15, 0.2) is 0 Å². The van der Waals surface area contributed by atoms with Gasteiger partial charge in [-0.2, -0.15) is 0 Å². The lowest BCUT2D eigenvalue weighted by Crippen LogP contribution is -2.50. The number of hydrogen-bond acceptors (Lipinski definition) is 2. The third-order valence-electron chi connectivity index (χ3n) is 6.71. The summed E-state index contributed by atoms with van der Waals surface area (Å²) in [5.41, 5.74) is 2.50. The number of carbonyl (C=O) groups is 1. The fourth-order valence-corrected chi connectivity index (χ4v) is 4.99.